The maximum atomic E-state index is 12.8. The van der Waals surface area contributed by atoms with Crippen molar-refractivity contribution in [1.82, 2.24) is 15.1 Å². The maximum absolute atomic E-state index is 12.8. The van der Waals surface area contributed by atoms with Crippen LogP contribution in [-0.4, -0.2) is 63.5 Å². The van der Waals surface area contributed by atoms with Crippen molar-refractivity contribution in [3.05, 3.63) is 0 Å². The quantitative estimate of drug-likeness (QED) is 0.783. The first kappa shape index (κ1) is 15.6. The largest absolute Gasteiger partial charge is 0.479 e. The second-order valence-electron chi connectivity index (χ2n) is 6.19. The van der Waals surface area contributed by atoms with Crippen molar-refractivity contribution in [3.8, 4) is 0 Å². The smallest absolute Gasteiger partial charge is 0.329 e. The lowest BCUT2D eigenvalue weighted by atomic mass is 9.92. The summed E-state index contributed by atoms with van der Waals surface area (Å²) < 4.78 is 0. The number of carboxylic acids is 1. The molecule has 7 nitrogen and oxygen atoms in total. The number of rotatable bonds is 2. The summed E-state index contributed by atoms with van der Waals surface area (Å²) in [7, 11) is 0. The number of nitrogens with zero attached hydrogens (tertiary/aromatic N) is 2. The minimum Gasteiger partial charge on any atom is -0.479 e. The number of amides is 3. The van der Waals surface area contributed by atoms with Gasteiger partial charge in [-0.1, -0.05) is 6.92 Å². The van der Waals surface area contributed by atoms with E-state index in [0.717, 1.165) is 0 Å². The Morgan fingerprint density at radius 3 is 2.52 bits per heavy atom. The summed E-state index contributed by atoms with van der Waals surface area (Å²) in [6, 6.07) is -0.350. The molecule has 2 fully saturated rings. The van der Waals surface area contributed by atoms with Crippen LogP contribution in [0.2, 0.25) is 0 Å². The summed E-state index contributed by atoms with van der Waals surface area (Å²) in [5.41, 5.74) is -2.10. The molecule has 21 heavy (non-hydrogen) atoms. The van der Waals surface area contributed by atoms with Gasteiger partial charge in [0, 0.05) is 19.6 Å². The van der Waals surface area contributed by atoms with Crippen LogP contribution in [0.25, 0.3) is 0 Å². The van der Waals surface area contributed by atoms with Gasteiger partial charge in [0.05, 0.1) is 0 Å². The van der Waals surface area contributed by atoms with E-state index in [9.17, 15) is 19.5 Å². The molecule has 0 aliphatic carbocycles. The van der Waals surface area contributed by atoms with Crippen LogP contribution < -0.4 is 5.32 Å². The molecule has 2 aliphatic heterocycles. The monoisotopic (exact) mass is 297 g/mol. The molecule has 0 radical (unpaired) electrons. The number of urea groups is 1. The summed E-state index contributed by atoms with van der Waals surface area (Å²) in [4.78, 5) is 39.4. The third-order valence-electron chi connectivity index (χ3n) is 4.78. The normalized spacial score (nSPS) is 28.4. The lowest BCUT2D eigenvalue weighted by Crippen LogP contribution is -2.67. The van der Waals surface area contributed by atoms with Crippen molar-refractivity contribution in [3.63, 3.8) is 0 Å². The highest BCUT2D eigenvalue weighted by Gasteiger charge is 2.52. The van der Waals surface area contributed by atoms with E-state index in [4.69, 9.17) is 0 Å². The number of piperazine rings is 1. The summed E-state index contributed by atoms with van der Waals surface area (Å²) in [6.45, 7) is 6.37. The van der Waals surface area contributed by atoms with Gasteiger partial charge in [0.2, 0.25) is 5.91 Å². The Bertz CT molecular complexity index is 477. The lowest BCUT2D eigenvalue weighted by molar-refractivity contribution is -0.149. The minimum absolute atomic E-state index is 0.210. The molecule has 2 rings (SSSR count). The first-order chi connectivity index (χ1) is 9.77. The van der Waals surface area contributed by atoms with Crippen molar-refractivity contribution >= 4 is 17.9 Å². The number of hydrogen-bond donors (Lipinski definition) is 2. The van der Waals surface area contributed by atoms with Crippen LogP contribution in [0.5, 0.6) is 0 Å². The fourth-order valence-electron chi connectivity index (χ4n) is 3.28. The predicted octanol–water partition coefficient (Wildman–Crippen LogP) is 0.646. The molecule has 3 amide bonds. The van der Waals surface area contributed by atoms with Gasteiger partial charge in [-0.15, -0.1) is 0 Å². The summed E-state index contributed by atoms with van der Waals surface area (Å²) in [6.07, 6.45) is 1.51. The van der Waals surface area contributed by atoms with Gasteiger partial charge in [-0.25, -0.2) is 9.59 Å². The fraction of sp³-hybridized carbons (Fsp3) is 0.786. The summed E-state index contributed by atoms with van der Waals surface area (Å²) >= 11 is 0. The number of likely N-dealkylation sites (tertiary alicyclic amines) is 1. The van der Waals surface area contributed by atoms with Crippen LogP contribution in [0.1, 0.15) is 40.0 Å². The molecule has 118 valence electrons. The molecule has 0 saturated carbocycles. The highest BCUT2D eigenvalue weighted by Crippen LogP contribution is 2.35. The third-order valence-corrected chi connectivity index (χ3v) is 4.78. The van der Waals surface area contributed by atoms with E-state index in [1.165, 1.54) is 9.80 Å². The zero-order valence-corrected chi connectivity index (χ0v) is 12.8. The molecule has 0 bridgehead atoms. The van der Waals surface area contributed by atoms with Crippen LogP contribution in [-0.2, 0) is 9.59 Å². The molecule has 0 aromatic heterocycles. The average molecular weight is 297 g/mol. The van der Waals surface area contributed by atoms with Crippen LogP contribution in [0, 0.1) is 0 Å². The van der Waals surface area contributed by atoms with Crippen LogP contribution in [0.3, 0.4) is 0 Å². The van der Waals surface area contributed by atoms with Crippen molar-refractivity contribution < 1.29 is 19.5 Å². The zero-order valence-electron chi connectivity index (χ0n) is 12.8. The number of carbonyl (C=O) groups is 3. The van der Waals surface area contributed by atoms with Gasteiger partial charge in [0.1, 0.15) is 11.1 Å². The average Bonchev–Trinajstić information content (AvgIpc) is 2.86. The molecule has 1 unspecified atom stereocenters. The molecule has 0 spiro atoms. The molecular formula is C14H23N3O4. The first-order valence-electron chi connectivity index (χ1n) is 7.38. The van der Waals surface area contributed by atoms with E-state index in [0.29, 0.717) is 38.9 Å². The van der Waals surface area contributed by atoms with Crippen LogP contribution in [0.15, 0.2) is 0 Å². The first-order valence-corrected chi connectivity index (χ1v) is 7.38. The number of hydrogen-bond acceptors (Lipinski definition) is 3. The van der Waals surface area contributed by atoms with Crippen molar-refractivity contribution in [2.24, 2.45) is 0 Å². The molecule has 0 aromatic rings. The van der Waals surface area contributed by atoms with E-state index in [-0.39, 0.29) is 11.9 Å². The molecule has 7 heteroatoms. The summed E-state index contributed by atoms with van der Waals surface area (Å²) in [5.74, 6) is -1.17. The van der Waals surface area contributed by atoms with Gasteiger partial charge in [0.25, 0.3) is 0 Å². The highest BCUT2D eigenvalue weighted by atomic mass is 16.4. The van der Waals surface area contributed by atoms with Crippen molar-refractivity contribution in [1.29, 1.82) is 0 Å². The van der Waals surface area contributed by atoms with Gasteiger partial charge < -0.3 is 20.2 Å². The van der Waals surface area contributed by atoms with E-state index in [2.05, 4.69) is 5.32 Å². The van der Waals surface area contributed by atoms with Gasteiger partial charge in [0.15, 0.2) is 0 Å². The molecular weight excluding hydrogens is 274 g/mol. The Balaban J connectivity index is 2.30. The topological polar surface area (TPSA) is 89.9 Å². The van der Waals surface area contributed by atoms with Crippen LogP contribution >= 0.6 is 0 Å². The number of aliphatic carboxylic acids is 1. The fourth-order valence-corrected chi connectivity index (χ4v) is 3.28. The number of carbonyl (C=O) groups excluding carboxylic acids is 2. The number of nitrogens with one attached hydrogen (secondary N) is 1. The van der Waals surface area contributed by atoms with Gasteiger partial charge in [-0.05, 0) is 33.1 Å². The molecule has 2 N–H and O–H groups in total. The maximum Gasteiger partial charge on any atom is 0.329 e. The Labute approximate surface area is 124 Å². The Morgan fingerprint density at radius 1 is 1.29 bits per heavy atom. The van der Waals surface area contributed by atoms with E-state index < -0.39 is 17.0 Å². The highest BCUT2D eigenvalue weighted by molar-refractivity contribution is 5.93. The molecule has 2 aliphatic rings. The van der Waals surface area contributed by atoms with Crippen molar-refractivity contribution in [2.45, 2.75) is 51.1 Å². The van der Waals surface area contributed by atoms with Crippen molar-refractivity contribution in [2.75, 3.05) is 19.6 Å². The van der Waals surface area contributed by atoms with E-state index >= 15 is 0 Å². The number of carboxylic acid groups (broad SMARTS) is 1. The van der Waals surface area contributed by atoms with E-state index in [1.54, 1.807) is 20.8 Å². The van der Waals surface area contributed by atoms with E-state index in [1.807, 2.05) is 0 Å². The predicted molar refractivity (Wildman–Crippen MR) is 75.8 cm³/mol. The Hall–Kier alpha value is -1.79. The molecule has 2 saturated heterocycles. The van der Waals surface area contributed by atoms with Gasteiger partial charge >= 0.3 is 12.0 Å². The molecule has 0 aromatic carbocycles. The summed E-state index contributed by atoms with van der Waals surface area (Å²) in [5, 5.41) is 12.3. The Morgan fingerprint density at radius 2 is 1.95 bits per heavy atom. The minimum atomic E-state index is -1.14. The van der Waals surface area contributed by atoms with Gasteiger partial charge in [-0.2, -0.15) is 0 Å². The molecule has 1 atom stereocenters. The lowest BCUT2D eigenvalue weighted by Gasteiger charge is -2.45. The SMILES string of the molecule is CCC1(C(=O)O)CCCN1C(=O)N1CCNC(=O)C1(C)C. The second-order valence-corrected chi connectivity index (χ2v) is 6.19. The zero-order chi connectivity index (χ0) is 15.8. The second kappa shape index (κ2) is 5.20. The molecule has 2 heterocycles. The van der Waals surface area contributed by atoms with Crippen LogP contribution in [0.4, 0.5) is 4.79 Å². The van der Waals surface area contributed by atoms with Gasteiger partial charge in [-0.3, -0.25) is 4.79 Å². The Kier molecular flexibility index (Phi) is 3.86. The standard InChI is InChI=1S/C14H23N3O4/c1-4-14(11(19)20)6-5-8-17(14)12(21)16-9-7-15-10(18)13(16,2)3/h4-9H2,1-3H3,(H,15,18)(H,19,20). The third kappa shape index (κ3) is 2.24.